The van der Waals surface area contributed by atoms with E-state index in [-0.39, 0.29) is 21.5 Å². The Morgan fingerprint density at radius 1 is 1.08 bits per heavy atom. The van der Waals surface area contributed by atoms with E-state index in [0.29, 0.717) is 5.02 Å². The van der Waals surface area contributed by atoms with Crippen LogP contribution in [0.25, 0.3) is 0 Å². The van der Waals surface area contributed by atoms with Gasteiger partial charge in [-0.1, -0.05) is 34.8 Å². The van der Waals surface area contributed by atoms with Crippen molar-refractivity contribution in [2.45, 2.75) is 0 Å². The Labute approximate surface area is 152 Å². The molecule has 0 atom stereocenters. The van der Waals surface area contributed by atoms with Crippen LogP contribution in [-0.4, -0.2) is 20.6 Å². The Bertz CT molecular complexity index is 918. The molecule has 10 heteroatoms. The van der Waals surface area contributed by atoms with Crippen molar-refractivity contribution in [2.24, 2.45) is 0 Å². The SMILES string of the molecule is CS(=O)(=O)NC(=O)c1cc(Cl)c(Oc2ccc(Cl)c(Cl)c2)cc1F. The first kappa shape index (κ1) is 18.8. The first-order valence-corrected chi connectivity index (χ1v) is 9.23. The maximum absolute atomic E-state index is 14.1. The number of rotatable bonds is 4. The van der Waals surface area contributed by atoms with Gasteiger partial charge < -0.3 is 4.74 Å². The molecule has 2 rings (SSSR count). The predicted molar refractivity (Wildman–Crippen MR) is 90.3 cm³/mol. The maximum atomic E-state index is 14.1. The fraction of sp³-hybridized carbons (Fsp3) is 0.0714. The fourth-order valence-corrected chi connectivity index (χ4v) is 2.61. The summed E-state index contributed by atoms with van der Waals surface area (Å²) in [7, 11) is -3.84. The molecular weight excluding hydrogens is 404 g/mol. The van der Waals surface area contributed by atoms with Gasteiger partial charge in [0, 0.05) is 12.1 Å². The van der Waals surface area contributed by atoms with Crippen LogP contribution in [0.1, 0.15) is 10.4 Å². The van der Waals surface area contributed by atoms with Crippen LogP contribution in [0.4, 0.5) is 4.39 Å². The number of nitrogens with one attached hydrogen (secondary N) is 1. The zero-order valence-electron chi connectivity index (χ0n) is 11.9. The minimum atomic E-state index is -3.84. The van der Waals surface area contributed by atoms with Crippen molar-refractivity contribution in [3.8, 4) is 11.5 Å². The zero-order valence-corrected chi connectivity index (χ0v) is 15.0. The van der Waals surface area contributed by atoms with E-state index in [0.717, 1.165) is 18.4 Å². The Hall–Kier alpha value is -1.54. The average Bonchev–Trinajstić information content (AvgIpc) is 2.44. The van der Waals surface area contributed by atoms with Gasteiger partial charge in [-0.3, -0.25) is 4.79 Å². The minimum absolute atomic E-state index is 0.0801. The van der Waals surface area contributed by atoms with Gasteiger partial charge in [0.2, 0.25) is 10.0 Å². The van der Waals surface area contributed by atoms with E-state index in [4.69, 9.17) is 39.5 Å². The summed E-state index contributed by atoms with van der Waals surface area (Å²) in [5, 5.41) is 0.449. The first-order chi connectivity index (χ1) is 11.1. The van der Waals surface area contributed by atoms with E-state index in [2.05, 4.69) is 0 Å². The lowest BCUT2D eigenvalue weighted by Crippen LogP contribution is -2.30. The van der Waals surface area contributed by atoms with Crippen molar-refractivity contribution in [3.05, 3.63) is 56.8 Å². The number of carbonyl (C=O) groups excluding carboxylic acids is 1. The monoisotopic (exact) mass is 411 g/mol. The molecule has 5 nitrogen and oxygen atoms in total. The van der Waals surface area contributed by atoms with Crippen LogP contribution >= 0.6 is 34.8 Å². The molecule has 0 heterocycles. The number of ether oxygens (including phenoxy) is 1. The second kappa shape index (κ2) is 7.14. The summed E-state index contributed by atoms with van der Waals surface area (Å²) < 4.78 is 43.2. The molecule has 0 saturated carbocycles. The number of amides is 1. The Morgan fingerprint density at radius 3 is 2.33 bits per heavy atom. The van der Waals surface area contributed by atoms with E-state index in [1.54, 1.807) is 4.72 Å². The third kappa shape index (κ3) is 4.73. The van der Waals surface area contributed by atoms with Gasteiger partial charge in [0.15, 0.2) is 0 Å². The lowest BCUT2D eigenvalue weighted by atomic mass is 10.2. The molecule has 0 fully saturated rings. The molecule has 0 spiro atoms. The summed E-state index contributed by atoms with van der Waals surface area (Å²) in [6.45, 7) is 0. The van der Waals surface area contributed by atoms with E-state index in [1.165, 1.54) is 18.2 Å². The highest BCUT2D eigenvalue weighted by Gasteiger charge is 2.19. The summed E-state index contributed by atoms with van der Waals surface area (Å²) in [5.41, 5.74) is -0.535. The molecule has 0 radical (unpaired) electrons. The van der Waals surface area contributed by atoms with Gasteiger partial charge in [0.1, 0.15) is 17.3 Å². The number of hydrogen-bond donors (Lipinski definition) is 1. The Kier molecular flexibility index (Phi) is 5.59. The maximum Gasteiger partial charge on any atom is 0.267 e. The van der Waals surface area contributed by atoms with Crippen molar-refractivity contribution < 1.29 is 22.3 Å². The zero-order chi connectivity index (χ0) is 18.1. The number of sulfonamides is 1. The second-order valence-corrected chi connectivity index (χ2v) is 7.61. The number of carbonyl (C=O) groups is 1. The molecule has 2 aromatic carbocycles. The molecule has 0 unspecified atom stereocenters. The number of hydrogen-bond acceptors (Lipinski definition) is 4. The standard InChI is InChI=1S/C14H9Cl3FNO4S/c1-24(21,22)19-14(20)8-5-11(17)13(6-12(8)18)23-7-2-3-9(15)10(16)4-7/h2-6H,1H3,(H,19,20). The average molecular weight is 413 g/mol. The van der Waals surface area contributed by atoms with Gasteiger partial charge in [-0.05, 0) is 18.2 Å². The lowest BCUT2D eigenvalue weighted by Gasteiger charge is -2.11. The molecule has 0 aliphatic carbocycles. The fourth-order valence-electron chi connectivity index (χ4n) is 1.67. The van der Waals surface area contributed by atoms with E-state index in [1.807, 2.05) is 0 Å². The van der Waals surface area contributed by atoms with Crippen molar-refractivity contribution in [1.82, 2.24) is 4.72 Å². The van der Waals surface area contributed by atoms with E-state index in [9.17, 15) is 17.6 Å². The summed E-state index contributed by atoms with van der Waals surface area (Å²) in [6.07, 6.45) is 0.770. The van der Waals surface area contributed by atoms with Crippen molar-refractivity contribution in [3.63, 3.8) is 0 Å². The molecule has 0 saturated heterocycles. The number of halogens is 4. The van der Waals surface area contributed by atoms with Gasteiger partial charge in [0.05, 0.1) is 26.9 Å². The van der Waals surface area contributed by atoms with Crippen molar-refractivity contribution in [2.75, 3.05) is 6.26 Å². The van der Waals surface area contributed by atoms with Gasteiger partial charge >= 0.3 is 0 Å². The van der Waals surface area contributed by atoms with Crippen LogP contribution in [0.2, 0.25) is 15.1 Å². The van der Waals surface area contributed by atoms with Crippen molar-refractivity contribution in [1.29, 1.82) is 0 Å². The molecule has 0 bridgehead atoms. The molecule has 0 aliphatic rings. The Balaban J connectivity index is 2.32. The molecule has 0 aliphatic heterocycles. The minimum Gasteiger partial charge on any atom is -0.456 e. The van der Waals surface area contributed by atoms with Crippen LogP contribution in [0.5, 0.6) is 11.5 Å². The highest BCUT2D eigenvalue weighted by Crippen LogP contribution is 2.34. The Morgan fingerprint density at radius 2 is 1.75 bits per heavy atom. The summed E-state index contributed by atoms with van der Waals surface area (Å²) in [6, 6.07) is 6.21. The molecule has 1 N–H and O–H groups in total. The van der Waals surface area contributed by atoms with E-state index < -0.39 is 27.3 Å². The highest BCUT2D eigenvalue weighted by molar-refractivity contribution is 7.89. The van der Waals surface area contributed by atoms with Crippen molar-refractivity contribution >= 4 is 50.7 Å². The smallest absolute Gasteiger partial charge is 0.267 e. The third-order valence-corrected chi connectivity index (χ3v) is 4.25. The summed E-state index contributed by atoms with van der Waals surface area (Å²) in [5.74, 6) is -1.98. The quantitative estimate of drug-likeness (QED) is 0.814. The predicted octanol–water partition coefficient (Wildman–Crippen LogP) is 4.27. The molecular formula is C14H9Cl3FNO4S. The van der Waals surface area contributed by atoms with Gasteiger partial charge in [0.25, 0.3) is 5.91 Å². The van der Waals surface area contributed by atoms with Crippen LogP contribution < -0.4 is 9.46 Å². The van der Waals surface area contributed by atoms with Crippen LogP contribution in [0, 0.1) is 5.82 Å². The molecule has 24 heavy (non-hydrogen) atoms. The molecule has 0 aromatic heterocycles. The topological polar surface area (TPSA) is 72.5 Å². The van der Waals surface area contributed by atoms with Crippen LogP contribution in [-0.2, 0) is 10.0 Å². The van der Waals surface area contributed by atoms with Crippen LogP contribution in [0.15, 0.2) is 30.3 Å². The number of benzene rings is 2. The van der Waals surface area contributed by atoms with Gasteiger partial charge in [-0.25, -0.2) is 17.5 Å². The van der Waals surface area contributed by atoms with Crippen LogP contribution in [0.3, 0.4) is 0 Å². The second-order valence-electron chi connectivity index (χ2n) is 4.64. The largest absolute Gasteiger partial charge is 0.456 e. The van der Waals surface area contributed by atoms with Gasteiger partial charge in [-0.15, -0.1) is 0 Å². The normalized spacial score (nSPS) is 11.2. The third-order valence-electron chi connectivity index (χ3n) is 2.66. The summed E-state index contributed by atoms with van der Waals surface area (Å²) in [4.78, 5) is 11.7. The van der Waals surface area contributed by atoms with E-state index >= 15 is 0 Å². The molecule has 1 amide bonds. The lowest BCUT2D eigenvalue weighted by molar-refractivity contribution is 0.0978. The first-order valence-electron chi connectivity index (χ1n) is 6.21. The summed E-state index contributed by atoms with van der Waals surface area (Å²) >= 11 is 17.6. The highest BCUT2D eigenvalue weighted by atomic mass is 35.5. The van der Waals surface area contributed by atoms with Gasteiger partial charge in [-0.2, -0.15) is 0 Å². The molecule has 2 aromatic rings. The molecule has 128 valence electrons.